The molecule has 3 aromatic heterocycles. The summed E-state index contributed by atoms with van der Waals surface area (Å²) in [5.41, 5.74) is 1.72. The Balaban J connectivity index is 1.48. The molecule has 0 saturated carbocycles. The lowest BCUT2D eigenvalue weighted by Gasteiger charge is -2.31. The van der Waals surface area contributed by atoms with E-state index in [2.05, 4.69) is 20.2 Å². The van der Waals surface area contributed by atoms with Gasteiger partial charge >= 0.3 is 0 Å². The van der Waals surface area contributed by atoms with E-state index >= 15 is 0 Å². The van der Waals surface area contributed by atoms with Gasteiger partial charge < -0.3 is 9.42 Å². The van der Waals surface area contributed by atoms with Crippen molar-refractivity contribution in [2.45, 2.75) is 24.6 Å². The monoisotopic (exact) mass is 502 g/mol. The lowest BCUT2D eigenvalue weighted by Crippen LogP contribution is -2.40. The van der Waals surface area contributed by atoms with Crippen molar-refractivity contribution in [2.75, 3.05) is 18.0 Å². The molecule has 1 aliphatic rings. The highest BCUT2D eigenvalue weighted by molar-refractivity contribution is 7.86. The Morgan fingerprint density at radius 2 is 1.86 bits per heavy atom. The van der Waals surface area contributed by atoms with Gasteiger partial charge in [0.15, 0.2) is 17.5 Å². The fraction of sp³-hybridized carbons (Fsp3) is 0.273. The first-order valence-corrected chi connectivity index (χ1v) is 12.3. The molecule has 0 aliphatic carbocycles. The Hall–Kier alpha value is -3.71. The van der Waals surface area contributed by atoms with E-state index in [9.17, 15) is 21.8 Å². The van der Waals surface area contributed by atoms with Crippen molar-refractivity contribution in [1.82, 2.24) is 24.9 Å². The molecule has 4 heterocycles. The highest BCUT2D eigenvalue weighted by Crippen LogP contribution is 2.28. The number of hydrogen-bond acceptors (Lipinski definition) is 8. The molecule has 1 N–H and O–H groups in total. The van der Waals surface area contributed by atoms with E-state index in [1.807, 2.05) is 0 Å². The number of benzene rings is 1. The maximum absolute atomic E-state index is 14.6. The first kappa shape index (κ1) is 23.1. The third-order valence-electron chi connectivity index (χ3n) is 5.88. The lowest BCUT2D eigenvalue weighted by molar-refractivity contribution is 0.421. The summed E-state index contributed by atoms with van der Waals surface area (Å²) >= 11 is 0. The van der Waals surface area contributed by atoms with Gasteiger partial charge in [-0.3, -0.25) is 9.23 Å². The molecule has 0 bridgehead atoms. The second kappa shape index (κ2) is 9.15. The van der Waals surface area contributed by atoms with Crippen molar-refractivity contribution in [3.05, 3.63) is 66.1 Å². The van der Waals surface area contributed by atoms with Crippen molar-refractivity contribution < 1.29 is 26.3 Å². The van der Waals surface area contributed by atoms with E-state index in [1.54, 1.807) is 35.2 Å². The average molecular weight is 503 g/mol. The van der Waals surface area contributed by atoms with E-state index < -0.39 is 21.2 Å². The number of halogens is 2. The van der Waals surface area contributed by atoms with Crippen LogP contribution in [0.2, 0.25) is 0 Å². The molecule has 0 unspecified atom stereocenters. The lowest BCUT2D eigenvalue weighted by atomic mass is 10.1. The molecule has 0 amide bonds. The molecular weight excluding hydrogens is 482 g/mol. The van der Waals surface area contributed by atoms with E-state index in [1.165, 1.54) is 17.0 Å². The van der Waals surface area contributed by atoms with Gasteiger partial charge in [0.25, 0.3) is 10.1 Å². The van der Waals surface area contributed by atoms with Gasteiger partial charge in [0.05, 0.1) is 23.7 Å². The Labute approximate surface area is 199 Å². The van der Waals surface area contributed by atoms with Crippen LogP contribution in [-0.2, 0) is 16.7 Å². The average Bonchev–Trinajstić information content (AvgIpc) is 3.51. The van der Waals surface area contributed by atoms with Crippen molar-refractivity contribution in [1.29, 1.82) is 0 Å². The van der Waals surface area contributed by atoms with Crippen LogP contribution < -0.4 is 4.90 Å². The van der Waals surface area contributed by atoms with Gasteiger partial charge in [0.1, 0.15) is 23.5 Å². The maximum atomic E-state index is 14.6. The van der Waals surface area contributed by atoms with E-state index in [0.29, 0.717) is 22.6 Å². The molecule has 4 aromatic rings. The van der Waals surface area contributed by atoms with Crippen LogP contribution >= 0.6 is 0 Å². The van der Waals surface area contributed by atoms with Crippen molar-refractivity contribution >= 4 is 15.9 Å². The zero-order valence-electron chi connectivity index (χ0n) is 18.3. The second-order valence-electron chi connectivity index (χ2n) is 8.12. The van der Waals surface area contributed by atoms with Crippen molar-refractivity contribution in [3.8, 4) is 22.9 Å². The standard InChI is InChI=1S/C22H20F2N6O4S/c23-16-4-2-1-3-14(16)13-30-20(18-7-10-34-28-18)11-19(27-30)21-25-12-17(24)22(26-21)29-8-5-15(6-9-29)35(31,32)33/h1-4,7,10-12,15H,5-6,8-9,13H2,(H,31,32,33). The third kappa shape index (κ3) is 4.77. The number of anilines is 1. The summed E-state index contributed by atoms with van der Waals surface area (Å²) in [4.78, 5) is 10.0. The van der Waals surface area contributed by atoms with Crippen LogP contribution in [0.3, 0.4) is 0 Å². The third-order valence-corrected chi connectivity index (χ3v) is 7.19. The van der Waals surface area contributed by atoms with Crippen LogP contribution in [0.5, 0.6) is 0 Å². The van der Waals surface area contributed by atoms with Gasteiger partial charge in [-0.05, 0) is 25.0 Å². The Bertz CT molecular complexity index is 1450. The quantitative estimate of drug-likeness (QED) is 0.396. The van der Waals surface area contributed by atoms with Crippen LogP contribution in [0.25, 0.3) is 22.9 Å². The van der Waals surface area contributed by atoms with E-state index in [0.717, 1.165) is 6.20 Å². The van der Waals surface area contributed by atoms with Gasteiger partial charge in [-0.2, -0.15) is 13.5 Å². The van der Waals surface area contributed by atoms with Gasteiger partial charge in [-0.15, -0.1) is 0 Å². The minimum absolute atomic E-state index is 0.00966. The van der Waals surface area contributed by atoms with Gasteiger partial charge in [0.2, 0.25) is 0 Å². The van der Waals surface area contributed by atoms with Gasteiger partial charge in [0, 0.05) is 24.7 Å². The molecule has 1 fully saturated rings. The number of rotatable bonds is 6. The van der Waals surface area contributed by atoms with Crippen LogP contribution in [-0.4, -0.2) is 56.2 Å². The summed E-state index contributed by atoms with van der Waals surface area (Å²) in [6, 6.07) is 9.61. The number of nitrogens with zero attached hydrogens (tertiary/aromatic N) is 6. The summed E-state index contributed by atoms with van der Waals surface area (Å²) in [6.07, 6.45) is 2.71. The number of hydrogen-bond donors (Lipinski definition) is 1. The number of aromatic nitrogens is 5. The molecule has 0 radical (unpaired) electrons. The van der Waals surface area contributed by atoms with Gasteiger partial charge in [-0.25, -0.2) is 18.7 Å². The Morgan fingerprint density at radius 3 is 2.54 bits per heavy atom. The molecule has 1 aromatic carbocycles. The topological polar surface area (TPSA) is 127 Å². The van der Waals surface area contributed by atoms with Crippen LogP contribution in [0, 0.1) is 11.6 Å². The molecule has 1 saturated heterocycles. The first-order valence-electron chi connectivity index (χ1n) is 10.8. The summed E-state index contributed by atoms with van der Waals surface area (Å²) in [5.74, 6) is -0.906. The molecule has 0 spiro atoms. The minimum atomic E-state index is -4.15. The molecule has 0 atom stereocenters. The van der Waals surface area contributed by atoms with E-state index in [-0.39, 0.29) is 49.9 Å². The Kier molecular flexibility index (Phi) is 6.03. The maximum Gasteiger partial charge on any atom is 0.267 e. The van der Waals surface area contributed by atoms with Gasteiger partial charge in [-0.1, -0.05) is 23.4 Å². The SMILES string of the molecule is O=S(=O)(O)C1CCN(c2nc(-c3cc(-c4ccon4)n(Cc4ccccc4F)n3)ncc2F)CC1. The second-order valence-corrected chi connectivity index (χ2v) is 9.81. The van der Waals surface area contributed by atoms with Crippen molar-refractivity contribution in [2.24, 2.45) is 0 Å². The molecule has 35 heavy (non-hydrogen) atoms. The smallest absolute Gasteiger partial charge is 0.267 e. The first-order chi connectivity index (χ1) is 16.8. The fourth-order valence-corrected chi connectivity index (χ4v) is 4.86. The molecule has 182 valence electrons. The highest BCUT2D eigenvalue weighted by atomic mass is 32.2. The summed E-state index contributed by atoms with van der Waals surface area (Å²) in [5, 5.41) is 7.58. The molecular formula is C22H20F2N6O4S. The van der Waals surface area contributed by atoms with Crippen LogP contribution in [0.15, 0.2) is 53.4 Å². The molecule has 1 aliphatic heterocycles. The predicted octanol–water partition coefficient (Wildman–Crippen LogP) is 3.18. The summed E-state index contributed by atoms with van der Waals surface area (Å²) in [7, 11) is -4.15. The molecule has 5 rings (SSSR count). The van der Waals surface area contributed by atoms with E-state index in [4.69, 9.17) is 4.52 Å². The number of piperidine rings is 1. The van der Waals surface area contributed by atoms with Crippen LogP contribution in [0.4, 0.5) is 14.6 Å². The summed E-state index contributed by atoms with van der Waals surface area (Å²) < 4.78 is 67.5. The normalized spacial score (nSPS) is 15.0. The predicted molar refractivity (Wildman–Crippen MR) is 121 cm³/mol. The molecule has 10 nitrogen and oxygen atoms in total. The Morgan fingerprint density at radius 1 is 1.09 bits per heavy atom. The largest absolute Gasteiger partial charge is 0.364 e. The summed E-state index contributed by atoms with van der Waals surface area (Å²) in [6.45, 7) is 0.500. The van der Waals surface area contributed by atoms with Crippen LogP contribution in [0.1, 0.15) is 18.4 Å². The molecule has 13 heteroatoms. The zero-order chi connectivity index (χ0) is 24.6. The highest BCUT2D eigenvalue weighted by Gasteiger charge is 2.30. The fourth-order valence-electron chi connectivity index (χ4n) is 4.05. The minimum Gasteiger partial charge on any atom is -0.364 e. The van der Waals surface area contributed by atoms with Crippen molar-refractivity contribution in [3.63, 3.8) is 0 Å². The zero-order valence-corrected chi connectivity index (χ0v) is 19.1.